The summed E-state index contributed by atoms with van der Waals surface area (Å²) in [5.74, 6) is 0.383. The molecule has 1 rings (SSSR count). The van der Waals surface area contributed by atoms with Crippen molar-refractivity contribution in [1.29, 1.82) is 0 Å². The first-order valence-electron chi connectivity index (χ1n) is 6.45. The van der Waals surface area contributed by atoms with E-state index in [9.17, 15) is 9.59 Å². The monoisotopic (exact) mass is 300 g/mol. The lowest BCUT2D eigenvalue weighted by Crippen LogP contribution is -2.29. The van der Waals surface area contributed by atoms with Crippen LogP contribution in [0.3, 0.4) is 0 Å². The van der Waals surface area contributed by atoms with E-state index in [1.165, 1.54) is 9.58 Å². The zero-order chi connectivity index (χ0) is 15.1. The number of amides is 1. The van der Waals surface area contributed by atoms with Crippen LogP contribution in [-0.4, -0.2) is 58.1 Å². The molecule has 20 heavy (non-hydrogen) atoms. The highest BCUT2D eigenvalue weighted by molar-refractivity contribution is 7.99. The Morgan fingerprint density at radius 3 is 2.60 bits per heavy atom. The summed E-state index contributed by atoms with van der Waals surface area (Å²) in [6.45, 7) is 4.10. The lowest BCUT2D eigenvalue weighted by atomic mass is 10.3. The summed E-state index contributed by atoms with van der Waals surface area (Å²) in [6.07, 6.45) is 1.59. The van der Waals surface area contributed by atoms with Gasteiger partial charge in [-0.1, -0.05) is 18.7 Å². The Bertz CT molecular complexity index is 473. The van der Waals surface area contributed by atoms with E-state index in [0.29, 0.717) is 24.0 Å². The first-order chi connectivity index (χ1) is 9.49. The van der Waals surface area contributed by atoms with Crippen LogP contribution in [0.25, 0.3) is 0 Å². The lowest BCUT2D eigenvalue weighted by Gasteiger charge is -2.10. The van der Waals surface area contributed by atoms with Gasteiger partial charge in [0.2, 0.25) is 0 Å². The predicted octanol–water partition coefficient (Wildman–Crippen LogP) is 1.42. The van der Waals surface area contributed by atoms with Crippen molar-refractivity contribution in [3.8, 4) is 0 Å². The van der Waals surface area contributed by atoms with Gasteiger partial charge in [-0.15, -0.1) is 5.10 Å². The van der Waals surface area contributed by atoms with Gasteiger partial charge in [0, 0.05) is 20.5 Å². The zero-order valence-corrected chi connectivity index (χ0v) is 13.1. The molecule has 1 heterocycles. The van der Waals surface area contributed by atoms with Crippen molar-refractivity contribution in [3.63, 3.8) is 0 Å². The van der Waals surface area contributed by atoms with Crippen LogP contribution in [0.2, 0.25) is 0 Å². The van der Waals surface area contributed by atoms with Crippen LogP contribution in [0.1, 0.15) is 26.1 Å². The molecule has 1 aromatic rings. The minimum atomic E-state index is -0.332. The van der Waals surface area contributed by atoms with Crippen LogP contribution >= 0.6 is 11.8 Å². The number of aromatic nitrogens is 3. The van der Waals surface area contributed by atoms with Crippen LogP contribution in [0.15, 0.2) is 5.16 Å². The molecule has 7 nitrogen and oxygen atoms in total. The molecule has 0 spiro atoms. The standard InChI is InChI=1S/C12H20N4O3S/c1-5-7-9-13-11(20-8-10(17)19-6-2)16(14-9)12(18)15(3)4/h5-8H2,1-4H3. The molecule has 0 aliphatic heterocycles. The van der Waals surface area contributed by atoms with Crippen molar-refractivity contribution in [3.05, 3.63) is 5.82 Å². The van der Waals surface area contributed by atoms with Crippen LogP contribution in [0, 0.1) is 0 Å². The summed E-state index contributed by atoms with van der Waals surface area (Å²) in [4.78, 5) is 29.1. The van der Waals surface area contributed by atoms with E-state index in [-0.39, 0.29) is 17.8 Å². The summed E-state index contributed by atoms with van der Waals surface area (Å²) >= 11 is 1.15. The smallest absolute Gasteiger partial charge is 0.346 e. The van der Waals surface area contributed by atoms with Gasteiger partial charge in [-0.05, 0) is 13.3 Å². The Hall–Kier alpha value is -1.57. The molecule has 0 aliphatic carbocycles. The molecule has 0 N–H and O–H groups in total. The average molecular weight is 300 g/mol. The second-order valence-corrected chi connectivity index (χ2v) is 5.19. The molecule has 0 atom stereocenters. The van der Waals surface area contributed by atoms with Gasteiger partial charge >= 0.3 is 12.0 Å². The SMILES string of the molecule is CCCc1nc(SCC(=O)OCC)n(C(=O)N(C)C)n1. The van der Waals surface area contributed by atoms with Gasteiger partial charge < -0.3 is 9.64 Å². The normalized spacial score (nSPS) is 10.4. The number of esters is 1. The van der Waals surface area contributed by atoms with Crippen molar-refractivity contribution in [1.82, 2.24) is 19.7 Å². The zero-order valence-electron chi connectivity index (χ0n) is 12.3. The molecule has 112 valence electrons. The molecule has 0 aromatic carbocycles. The fourth-order valence-electron chi connectivity index (χ4n) is 1.40. The number of ether oxygens (including phenoxy) is 1. The van der Waals surface area contributed by atoms with Gasteiger partial charge in [0.25, 0.3) is 0 Å². The molecule has 0 fully saturated rings. The molecular formula is C12H20N4O3S. The highest BCUT2D eigenvalue weighted by atomic mass is 32.2. The van der Waals surface area contributed by atoms with Crippen molar-refractivity contribution >= 4 is 23.8 Å². The van der Waals surface area contributed by atoms with Crippen molar-refractivity contribution in [2.75, 3.05) is 26.5 Å². The van der Waals surface area contributed by atoms with E-state index in [1.54, 1.807) is 21.0 Å². The molecule has 0 bridgehead atoms. The van der Waals surface area contributed by atoms with Crippen molar-refractivity contribution < 1.29 is 14.3 Å². The fourth-order valence-corrected chi connectivity index (χ4v) is 2.14. The summed E-state index contributed by atoms with van der Waals surface area (Å²) in [6, 6.07) is -0.286. The van der Waals surface area contributed by atoms with E-state index in [4.69, 9.17) is 4.74 Å². The number of hydrogen-bond acceptors (Lipinski definition) is 6. The van der Waals surface area contributed by atoms with Crippen LogP contribution in [-0.2, 0) is 16.0 Å². The second kappa shape index (κ2) is 7.88. The number of carbonyl (C=O) groups excluding carboxylic acids is 2. The summed E-state index contributed by atoms with van der Waals surface area (Å²) in [5, 5.41) is 4.60. The molecular weight excluding hydrogens is 280 g/mol. The van der Waals surface area contributed by atoms with E-state index in [1.807, 2.05) is 6.92 Å². The Morgan fingerprint density at radius 1 is 1.35 bits per heavy atom. The molecule has 0 radical (unpaired) electrons. The number of carbonyl (C=O) groups is 2. The maximum atomic E-state index is 12.0. The molecule has 0 saturated carbocycles. The van der Waals surface area contributed by atoms with Gasteiger partial charge in [0.1, 0.15) is 0 Å². The van der Waals surface area contributed by atoms with Gasteiger partial charge in [0.05, 0.1) is 12.4 Å². The summed E-state index contributed by atoms with van der Waals surface area (Å²) < 4.78 is 6.08. The van der Waals surface area contributed by atoms with Crippen LogP contribution < -0.4 is 0 Å². The molecule has 0 saturated heterocycles. The number of rotatable bonds is 6. The Balaban J connectivity index is 2.86. The van der Waals surface area contributed by atoms with E-state index in [2.05, 4.69) is 10.1 Å². The quantitative estimate of drug-likeness (QED) is 0.584. The maximum Gasteiger partial charge on any atom is 0.346 e. The predicted molar refractivity (Wildman–Crippen MR) is 75.9 cm³/mol. The lowest BCUT2D eigenvalue weighted by molar-refractivity contribution is -0.139. The fraction of sp³-hybridized carbons (Fsp3) is 0.667. The molecule has 1 aromatic heterocycles. The first-order valence-corrected chi connectivity index (χ1v) is 7.44. The third-order valence-corrected chi connectivity index (χ3v) is 3.19. The second-order valence-electron chi connectivity index (χ2n) is 4.24. The molecule has 8 heteroatoms. The third-order valence-electron chi connectivity index (χ3n) is 2.28. The minimum absolute atomic E-state index is 0.110. The molecule has 0 unspecified atom stereocenters. The van der Waals surface area contributed by atoms with Crippen LogP contribution in [0.5, 0.6) is 0 Å². The number of aryl methyl sites for hydroxylation is 1. The minimum Gasteiger partial charge on any atom is -0.465 e. The molecule has 0 aliphatic rings. The topological polar surface area (TPSA) is 77.3 Å². The van der Waals surface area contributed by atoms with E-state index in [0.717, 1.165) is 18.2 Å². The Morgan fingerprint density at radius 2 is 2.05 bits per heavy atom. The maximum absolute atomic E-state index is 12.0. The summed E-state index contributed by atoms with van der Waals surface area (Å²) in [5.41, 5.74) is 0. The third kappa shape index (κ3) is 4.52. The number of hydrogen-bond donors (Lipinski definition) is 0. The van der Waals surface area contributed by atoms with Gasteiger partial charge in [-0.2, -0.15) is 4.68 Å². The first kappa shape index (κ1) is 16.5. The number of thioether (sulfide) groups is 1. The van der Waals surface area contributed by atoms with Gasteiger partial charge in [0.15, 0.2) is 11.0 Å². The van der Waals surface area contributed by atoms with E-state index < -0.39 is 0 Å². The Labute approximate surface area is 122 Å². The van der Waals surface area contributed by atoms with Crippen molar-refractivity contribution in [2.24, 2.45) is 0 Å². The van der Waals surface area contributed by atoms with Crippen LogP contribution in [0.4, 0.5) is 4.79 Å². The largest absolute Gasteiger partial charge is 0.465 e. The van der Waals surface area contributed by atoms with Gasteiger partial charge in [-0.3, -0.25) is 4.79 Å². The van der Waals surface area contributed by atoms with Gasteiger partial charge in [-0.25, -0.2) is 9.78 Å². The number of nitrogens with zero attached hydrogens (tertiary/aromatic N) is 4. The Kier molecular flexibility index (Phi) is 6.50. The van der Waals surface area contributed by atoms with Crippen molar-refractivity contribution in [2.45, 2.75) is 31.8 Å². The highest BCUT2D eigenvalue weighted by Crippen LogP contribution is 2.17. The summed E-state index contributed by atoms with van der Waals surface area (Å²) in [7, 11) is 3.28. The average Bonchev–Trinajstić information content (AvgIpc) is 2.79. The molecule has 1 amide bonds. The highest BCUT2D eigenvalue weighted by Gasteiger charge is 2.18. The van der Waals surface area contributed by atoms with E-state index >= 15 is 0 Å².